The minimum atomic E-state index is -0.724. The fourth-order valence-corrected chi connectivity index (χ4v) is 1.65. The average Bonchev–Trinajstić information content (AvgIpc) is 2.35. The lowest BCUT2D eigenvalue weighted by atomic mass is 10.1. The van der Waals surface area contributed by atoms with E-state index in [-0.39, 0.29) is 12.6 Å². The predicted octanol–water partition coefficient (Wildman–Crippen LogP) is -0.736. The van der Waals surface area contributed by atoms with Gasteiger partial charge in [0.05, 0.1) is 12.2 Å². The zero-order chi connectivity index (χ0) is 12.0. The number of rotatable bonds is 2. The first kappa shape index (κ1) is 12.5. The summed E-state index contributed by atoms with van der Waals surface area (Å²) < 4.78 is 5.15. The summed E-state index contributed by atoms with van der Waals surface area (Å²) >= 11 is 0. The van der Waals surface area contributed by atoms with Gasteiger partial charge >= 0.3 is 11.8 Å². The average molecular weight is 225 g/mol. The van der Waals surface area contributed by atoms with Crippen LogP contribution in [0.5, 0.6) is 0 Å². The van der Waals surface area contributed by atoms with E-state index in [2.05, 4.69) is 5.32 Å². The van der Waals surface area contributed by atoms with Gasteiger partial charge in [0.25, 0.3) is 0 Å². The molecule has 0 saturated carbocycles. The molecule has 1 saturated heterocycles. The number of nitrogens with one attached hydrogen (secondary N) is 1. The summed E-state index contributed by atoms with van der Waals surface area (Å²) in [6.07, 6.45) is 1.73. The number of carbonyl (C=O) groups excluding carboxylic acids is 2. The molecule has 0 aliphatic carbocycles. The van der Waals surface area contributed by atoms with E-state index in [0.717, 1.165) is 12.8 Å². The van der Waals surface area contributed by atoms with Gasteiger partial charge in [0, 0.05) is 20.2 Å². The molecule has 6 nitrogen and oxygen atoms in total. The summed E-state index contributed by atoms with van der Waals surface area (Å²) in [5.41, 5.74) is 0. The van der Waals surface area contributed by atoms with E-state index in [4.69, 9.17) is 10.00 Å². The first-order chi connectivity index (χ1) is 7.69. The molecule has 0 bridgehead atoms. The molecule has 0 aromatic rings. The van der Waals surface area contributed by atoms with E-state index >= 15 is 0 Å². The maximum absolute atomic E-state index is 11.6. The van der Waals surface area contributed by atoms with Gasteiger partial charge in [-0.15, -0.1) is 0 Å². The summed E-state index contributed by atoms with van der Waals surface area (Å²) in [6, 6.07) is 1.75. The quantitative estimate of drug-likeness (QED) is 0.496. The van der Waals surface area contributed by atoms with Crippen molar-refractivity contribution in [2.75, 3.05) is 26.7 Å². The fraction of sp³-hybridized carbons (Fsp3) is 0.700. The Labute approximate surface area is 94.2 Å². The lowest BCUT2D eigenvalue weighted by Gasteiger charge is -2.31. The van der Waals surface area contributed by atoms with Crippen molar-refractivity contribution in [3.05, 3.63) is 0 Å². The third-order valence-electron chi connectivity index (χ3n) is 2.52. The van der Waals surface area contributed by atoms with Crippen molar-refractivity contribution in [2.45, 2.75) is 18.9 Å². The Bertz CT molecular complexity index is 311. The first-order valence-electron chi connectivity index (χ1n) is 5.16. The third-order valence-corrected chi connectivity index (χ3v) is 2.52. The molecule has 0 aromatic heterocycles. The zero-order valence-electron chi connectivity index (χ0n) is 9.23. The van der Waals surface area contributed by atoms with E-state index in [1.165, 1.54) is 4.90 Å². The number of methoxy groups -OCH3 is 1. The summed E-state index contributed by atoms with van der Waals surface area (Å²) in [5, 5.41) is 10.5. The van der Waals surface area contributed by atoms with Crippen molar-refractivity contribution in [3.63, 3.8) is 0 Å². The molecule has 1 unspecified atom stereocenters. The van der Waals surface area contributed by atoms with Gasteiger partial charge in [-0.05, 0) is 12.8 Å². The monoisotopic (exact) mass is 225 g/mol. The first-order valence-corrected chi connectivity index (χ1v) is 5.16. The van der Waals surface area contributed by atoms with Crippen LogP contribution in [0.3, 0.4) is 0 Å². The summed E-state index contributed by atoms with van der Waals surface area (Å²) in [4.78, 5) is 24.4. The largest absolute Gasteiger partial charge is 0.380 e. The second kappa shape index (κ2) is 6.08. The normalized spacial score (nSPS) is 20.0. The van der Waals surface area contributed by atoms with E-state index in [9.17, 15) is 9.59 Å². The van der Waals surface area contributed by atoms with Crippen molar-refractivity contribution in [2.24, 2.45) is 0 Å². The molecule has 1 rings (SSSR count). The maximum Gasteiger partial charge on any atom is 0.311 e. The molecular formula is C10H15N3O3. The second-order valence-corrected chi connectivity index (χ2v) is 3.59. The molecule has 0 radical (unpaired) electrons. The number of ether oxygens (including phenoxy) is 1. The molecule has 1 heterocycles. The molecule has 0 aromatic carbocycles. The minimum absolute atomic E-state index is 0.00136. The molecule has 1 aliphatic heterocycles. The Morgan fingerprint density at radius 2 is 2.38 bits per heavy atom. The fourth-order valence-electron chi connectivity index (χ4n) is 1.65. The highest BCUT2D eigenvalue weighted by Crippen LogP contribution is 2.12. The van der Waals surface area contributed by atoms with Crippen LogP contribution in [-0.4, -0.2) is 49.6 Å². The van der Waals surface area contributed by atoms with Gasteiger partial charge in [0.2, 0.25) is 0 Å². The Kier molecular flexibility index (Phi) is 4.73. The van der Waals surface area contributed by atoms with Crippen LogP contribution in [0.2, 0.25) is 0 Å². The summed E-state index contributed by atoms with van der Waals surface area (Å²) in [7, 11) is 1.59. The summed E-state index contributed by atoms with van der Waals surface area (Å²) in [6.45, 7) is 0.861. The van der Waals surface area contributed by atoms with Crippen LogP contribution < -0.4 is 5.32 Å². The van der Waals surface area contributed by atoms with Gasteiger partial charge in [0.1, 0.15) is 6.54 Å². The smallest absolute Gasteiger partial charge is 0.311 e. The topological polar surface area (TPSA) is 82.4 Å². The minimum Gasteiger partial charge on any atom is -0.380 e. The van der Waals surface area contributed by atoms with Crippen LogP contribution in [0.25, 0.3) is 0 Å². The molecule has 16 heavy (non-hydrogen) atoms. The second-order valence-electron chi connectivity index (χ2n) is 3.59. The van der Waals surface area contributed by atoms with Gasteiger partial charge in [-0.25, -0.2) is 0 Å². The molecule has 1 N–H and O–H groups in total. The number of carbonyl (C=O) groups is 2. The lowest BCUT2D eigenvalue weighted by Crippen LogP contribution is -2.49. The van der Waals surface area contributed by atoms with Crippen molar-refractivity contribution in [1.82, 2.24) is 10.2 Å². The highest BCUT2D eigenvalue weighted by Gasteiger charge is 2.27. The SMILES string of the molecule is COC1CCCN(C(=O)C(=O)NCC#N)C1. The zero-order valence-corrected chi connectivity index (χ0v) is 9.23. The van der Waals surface area contributed by atoms with Gasteiger partial charge in [-0.2, -0.15) is 5.26 Å². The molecule has 1 aliphatic rings. The molecule has 88 valence electrons. The number of hydrogen-bond acceptors (Lipinski definition) is 4. The number of piperidine rings is 1. The van der Waals surface area contributed by atoms with E-state index < -0.39 is 11.8 Å². The molecule has 1 fully saturated rings. The number of hydrogen-bond donors (Lipinski definition) is 1. The Balaban J connectivity index is 2.47. The van der Waals surface area contributed by atoms with Crippen LogP contribution in [0.15, 0.2) is 0 Å². The van der Waals surface area contributed by atoms with Gasteiger partial charge in [-0.3, -0.25) is 9.59 Å². The van der Waals surface area contributed by atoms with Gasteiger partial charge < -0.3 is 15.0 Å². The van der Waals surface area contributed by atoms with Crippen molar-refractivity contribution in [1.29, 1.82) is 5.26 Å². The number of likely N-dealkylation sites (tertiary alicyclic amines) is 1. The highest BCUT2D eigenvalue weighted by atomic mass is 16.5. The van der Waals surface area contributed by atoms with Crippen LogP contribution >= 0.6 is 0 Å². The standard InChI is InChI=1S/C10H15N3O3/c1-16-8-3-2-6-13(7-8)10(15)9(14)12-5-4-11/h8H,2-3,5-7H2,1H3,(H,12,14). The maximum atomic E-state index is 11.6. The highest BCUT2D eigenvalue weighted by molar-refractivity contribution is 6.35. The Hall–Kier alpha value is -1.61. The van der Waals surface area contributed by atoms with Crippen LogP contribution in [0, 0.1) is 11.3 Å². The van der Waals surface area contributed by atoms with Crippen molar-refractivity contribution >= 4 is 11.8 Å². The molecule has 1 atom stereocenters. The van der Waals surface area contributed by atoms with Crippen LogP contribution in [0.1, 0.15) is 12.8 Å². The number of amides is 2. The molecule has 2 amide bonds. The van der Waals surface area contributed by atoms with Gasteiger partial charge in [0.15, 0.2) is 0 Å². The number of nitriles is 1. The van der Waals surface area contributed by atoms with Crippen LogP contribution in [-0.2, 0) is 14.3 Å². The van der Waals surface area contributed by atoms with Crippen molar-refractivity contribution in [3.8, 4) is 6.07 Å². The predicted molar refractivity (Wildman–Crippen MR) is 55.2 cm³/mol. The van der Waals surface area contributed by atoms with E-state index in [1.807, 2.05) is 0 Å². The van der Waals surface area contributed by atoms with Crippen LogP contribution in [0.4, 0.5) is 0 Å². The molecular weight excluding hydrogens is 210 g/mol. The molecule has 0 spiro atoms. The third kappa shape index (κ3) is 3.21. The number of nitrogens with zero attached hydrogens (tertiary/aromatic N) is 2. The van der Waals surface area contributed by atoms with Crippen molar-refractivity contribution < 1.29 is 14.3 Å². The van der Waals surface area contributed by atoms with E-state index in [1.54, 1.807) is 13.2 Å². The summed E-state index contributed by atoms with van der Waals surface area (Å²) in [5.74, 6) is -1.31. The van der Waals surface area contributed by atoms with E-state index in [0.29, 0.717) is 13.1 Å². The Morgan fingerprint density at radius 1 is 1.62 bits per heavy atom. The lowest BCUT2D eigenvalue weighted by molar-refractivity contribution is -0.147. The van der Waals surface area contributed by atoms with Gasteiger partial charge in [-0.1, -0.05) is 0 Å². The Morgan fingerprint density at radius 3 is 3.00 bits per heavy atom. The molecule has 6 heteroatoms.